The molecule has 5 nitrogen and oxygen atoms in total. The molecule has 1 aliphatic heterocycles. The zero-order valence-electron chi connectivity index (χ0n) is 12.5. The van der Waals surface area contributed by atoms with Gasteiger partial charge in [0.15, 0.2) is 0 Å². The zero-order valence-corrected chi connectivity index (χ0v) is 12.5. The van der Waals surface area contributed by atoms with Gasteiger partial charge in [-0.2, -0.15) is 5.10 Å². The third kappa shape index (κ3) is 3.58. The minimum absolute atomic E-state index is 0.420. The largest absolute Gasteiger partial charge is 0.377 e. The van der Waals surface area contributed by atoms with Crippen molar-refractivity contribution in [3.63, 3.8) is 0 Å². The average Bonchev–Trinajstić information content (AvgIpc) is 3.05. The first-order valence-corrected chi connectivity index (χ1v) is 8.07. The minimum Gasteiger partial charge on any atom is -0.377 e. The second kappa shape index (κ2) is 6.68. The molecule has 0 bridgehead atoms. The Morgan fingerprint density at radius 1 is 1.25 bits per heavy atom. The summed E-state index contributed by atoms with van der Waals surface area (Å²) in [4.78, 5) is 7.06. The van der Waals surface area contributed by atoms with E-state index in [0.29, 0.717) is 6.10 Å². The smallest absolute Gasteiger partial charge is 0.150 e. The molecule has 0 aromatic carbocycles. The van der Waals surface area contributed by atoms with E-state index >= 15 is 0 Å². The van der Waals surface area contributed by atoms with Gasteiger partial charge in [0.25, 0.3) is 0 Å². The van der Waals surface area contributed by atoms with Crippen LogP contribution in [0.2, 0.25) is 0 Å². The first kappa shape index (κ1) is 14.0. The number of H-pyrrole nitrogens is 1. The number of ether oxygens (including phenoxy) is 1. The minimum atomic E-state index is 0.420. The quantitative estimate of drug-likeness (QED) is 0.830. The molecule has 1 atom stereocenters. The first-order chi connectivity index (χ1) is 9.83. The molecule has 5 heteroatoms. The van der Waals surface area contributed by atoms with E-state index in [4.69, 9.17) is 4.74 Å². The molecule has 112 valence electrons. The van der Waals surface area contributed by atoms with Crippen LogP contribution in [0.25, 0.3) is 0 Å². The first-order valence-electron chi connectivity index (χ1n) is 8.07. The number of nitrogens with one attached hydrogen (secondary N) is 1. The van der Waals surface area contributed by atoms with E-state index in [0.717, 1.165) is 43.7 Å². The molecular formula is C15H26N4O. The van der Waals surface area contributed by atoms with Crippen molar-refractivity contribution >= 4 is 0 Å². The molecular weight excluding hydrogens is 252 g/mol. The molecule has 1 saturated carbocycles. The lowest BCUT2D eigenvalue weighted by Crippen LogP contribution is -2.37. The SMILES string of the molecule is CCc1n[nH]c(CN(CC2CCC2)C[C@H]2CCCO2)n1. The van der Waals surface area contributed by atoms with Crippen molar-refractivity contribution in [3.8, 4) is 0 Å². The Labute approximate surface area is 121 Å². The number of aryl methyl sites for hydroxylation is 1. The van der Waals surface area contributed by atoms with Gasteiger partial charge in [-0.1, -0.05) is 13.3 Å². The standard InChI is InChI=1S/C15H26N4O/c1-2-14-16-15(18-17-14)11-19(9-12-5-3-6-12)10-13-7-4-8-20-13/h12-13H,2-11H2,1H3,(H,16,17,18)/t13-/m1/s1. The number of rotatable bonds is 7. The van der Waals surface area contributed by atoms with E-state index in [2.05, 4.69) is 27.0 Å². The highest BCUT2D eigenvalue weighted by Gasteiger charge is 2.25. The lowest BCUT2D eigenvalue weighted by atomic mass is 9.85. The maximum absolute atomic E-state index is 5.79. The summed E-state index contributed by atoms with van der Waals surface area (Å²) in [6, 6.07) is 0. The van der Waals surface area contributed by atoms with Gasteiger partial charge in [0.2, 0.25) is 0 Å². The van der Waals surface area contributed by atoms with Gasteiger partial charge in [0.1, 0.15) is 11.6 Å². The molecule has 1 aliphatic carbocycles. The summed E-state index contributed by atoms with van der Waals surface area (Å²) in [6.07, 6.45) is 7.91. The molecule has 2 fully saturated rings. The van der Waals surface area contributed by atoms with Gasteiger partial charge < -0.3 is 4.74 Å². The summed E-state index contributed by atoms with van der Waals surface area (Å²) in [6.45, 7) is 6.12. The highest BCUT2D eigenvalue weighted by molar-refractivity contribution is 4.91. The van der Waals surface area contributed by atoms with Gasteiger partial charge in [-0.3, -0.25) is 10.00 Å². The van der Waals surface area contributed by atoms with Crippen molar-refractivity contribution in [2.24, 2.45) is 5.92 Å². The second-order valence-electron chi connectivity index (χ2n) is 6.18. The number of aromatic amines is 1. The molecule has 2 heterocycles. The summed E-state index contributed by atoms with van der Waals surface area (Å²) < 4.78 is 5.79. The lowest BCUT2D eigenvalue weighted by Gasteiger charge is -2.33. The molecule has 1 aromatic rings. The van der Waals surface area contributed by atoms with Gasteiger partial charge >= 0.3 is 0 Å². The van der Waals surface area contributed by atoms with Gasteiger partial charge in [0, 0.05) is 26.1 Å². The predicted molar refractivity (Wildman–Crippen MR) is 77.4 cm³/mol. The van der Waals surface area contributed by atoms with Crippen LogP contribution >= 0.6 is 0 Å². The Bertz CT molecular complexity index is 410. The number of hydrogen-bond donors (Lipinski definition) is 1. The van der Waals surface area contributed by atoms with Crippen LogP contribution in [0.3, 0.4) is 0 Å². The van der Waals surface area contributed by atoms with Crippen LogP contribution in [0.15, 0.2) is 0 Å². The lowest BCUT2D eigenvalue weighted by molar-refractivity contribution is 0.0570. The number of hydrogen-bond acceptors (Lipinski definition) is 4. The van der Waals surface area contributed by atoms with Crippen LogP contribution in [-0.2, 0) is 17.7 Å². The Kier molecular flexibility index (Phi) is 4.68. The molecule has 0 spiro atoms. The zero-order chi connectivity index (χ0) is 13.8. The molecule has 1 N–H and O–H groups in total. The van der Waals surface area contributed by atoms with Gasteiger partial charge in [0.05, 0.1) is 12.6 Å². The molecule has 0 amide bonds. The molecule has 1 saturated heterocycles. The van der Waals surface area contributed by atoms with Crippen molar-refractivity contribution in [1.82, 2.24) is 20.1 Å². The van der Waals surface area contributed by atoms with Crippen molar-refractivity contribution < 1.29 is 4.74 Å². The van der Waals surface area contributed by atoms with Crippen molar-refractivity contribution in [2.75, 3.05) is 19.7 Å². The Hall–Kier alpha value is -0.940. The Morgan fingerprint density at radius 2 is 2.15 bits per heavy atom. The molecule has 2 aliphatic rings. The monoisotopic (exact) mass is 278 g/mol. The fourth-order valence-electron chi connectivity index (χ4n) is 3.10. The second-order valence-corrected chi connectivity index (χ2v) is 6.18. The summed E-state index contributed by atoms with van der Waals surface area (Å²) in [5.41, 5.74) is 0. The molecule has 3 rings (SSSR count). The fourth-order valence-corrected chi connectivity index (χ4v) is 3.10. The third-order valence-electron chi connectivity index (χ3n) is 4.49. The molecule has 0 unspecified atom stereocenters. The van der Waals surface area contributed by atoms with Crippen molar-refractivity contribution in [2.45, 2.75) is 58.1 Å². The summed E-state index contributed by atoms with van der Waals surface area (Å²) in [5.74, 6) is 2.80. The molecule has 20 heavy (non-hydrogen) atoms. The Balaban J connectivity index is 1.57. The van der Waals surface area contributed by atoms with Crippen LogP contribution < -0.4 is 0 Å². The maximum atomic E-state index is 5.79. The molecule has 1 aromatic heterocycles. The van der Waals surface area contributed by atoms with Gasteiger partial charge in [-0.05, 0) is 31.6 Å². The van der Waals surface area contributed by atoms with E-state index in [9.17, 15) is 0 Å². The van der Waals surface area contributed by atoms with Crippen LogP contribution in [-0.4, -0.2) is 45.9 Å². The fraction of sp³-hybridized carbons (Fsp3) is 0.867. The normalized spacial score (nSPS) is 23.4. The van der Waals surface area contributed by atoms with Gasteiger partial charge in [-0.25, -0.2) is 4.98 Å². The highest BCUT2D eigenvalue weighted by atomic mass is 16.5. The van der Waals surface area contributed by atoms with E-state index < -0.39 is 0 Å². The van der Waals surface area contributed by atoms with Crippen LogP contribution in [0.4, 0.5) is 0 Å². The third-order valence-corrected chi connectivity index (χ3v) is 4.49. The van der Waals surface area contributed by atoms with Crippen LogP contribution in [0, 0.1) is 5.92 Å². The topological polar surface area (TPSA) is 54.0 Å². The average molecular weight is 278 g/mol. The predicted octanol–water partition coefficient (Wildman–Crippen LogP) is 2.15. The van der Waals surface area contributed by atoms with E-state index in [1.54, 1.807) is 0 Å². The number of aromatic nitrogens is 3. The van der Waals surface area contributed by atoms with E-state index in [1.165, 1.54) is 38.6 Å². The van der Waals surface area contributed by atoms with E-state index in [-0.39, 0.29) is 0 Å². The highest BCUT2D eigenvalue weighted by Crippen LogP contribution is 2.28. The van der Waals surface area contributed by atoms with Crippen LogP contribution in [0.1, 0.15) is 50.7 Å². The van der Waals surface area contributed by atoms with Crippen LogP contribution in [0.5, 0.6) is 0 Å². The summed E-state index contributed by atoms with van der Waals surface area (Å²) in [7, 11) is 0. The number of nitrogens with zero attached hydrogens (tertiary/aromatic N) is 3. The molecule has 0 radical (unpaired) electrons. The van der Waals surface area contributed by atoms with Crippen molar-refractivity contribution in [1.29, 1.82) is 0 Å². The maximum Gasteiger partial charge on any atom is 0.150 e. The summed E-state index contributed by atoms with van der Waals surface area (Å²) >= 11 is 0. The van der Waals surface area contributed by atoms with E-state index in [1.807, 2.05) is 0 Å². The van der Waals surface area contributed by atoms with Crippen molar-refractivity contribution in [3.05, 3.63) is 11.6 Å². The Morgan fingerprint density at radius 3 is 2.75 bits per heavy atom. The van der Waals surface area contributed by atoms with Gasteiger partial charge in [-0.15, -0.1) is 0 Å². The summed E-state index contributed by atoms with van der Waals surface area (Å²) in [5, 5.41) is 7.32.